The smallest absolute Gasteiger partial charge is 0.106 e. The molecular formula is C12H10BrClO2. The van der Waals surface area contributed by atoms with Gasteiger partial charge in [-0.3, -0.25) is 0 Å². The number of rotatable bonds is 3. The van der Waals surface area contributed by atoms with E-state index in [4.69, 9.17) is 16.0 Å². The minimum Gasteiger partial charge on any atom is -0.469 e. The van der Waals surface area contributed by atoms with E-state index >= 15 is 0 Å². The Balaban J connectivity index is 2.17. The highest BCUT2D eigenvalue weighted by atomic mass is 79.9. The lowest BCUT2D eigenvalue weighted by molar-refractivity contribution is 0.170. The summed E-state index contributed by atoms with van der Waals surface area (Å²) in [5.41, 5.74) is 0.806. The standard InChI is InChI=1S/C12H10BrClO2/c13-11-6-8(14)3-4-10(11)12(15)7-9-2-1-5-16-9/h1-6,12,15H,7H2. The molecule has 2 aromatic rings. The van der Waals surface area contributed by atoms with Crippen molar-refractivity contribution in [3.8, 4) is 0 Å². The van der Waals surface area contributed by atoms with E-state index in [0.29, 0.717) is 11.4 Å². The van der Waals surface area contributed by atoms with Crippen LogP contribution >= 0.6 is 27.5 Å². The van der Waals surface area contributed by atoms with Gasteiger partial charge in [0.25, 0.3) is 0 Å². The number of halogens is 2. The molecule has 0 aliphatic rings. The van der Waals surface area contributed by atoms with E-state index in [-0.39, 0.29) is 0 Å². The Hall–Kier alpha value is -0.770. The Morgan fingerprint density at radius 3 is 2.81 bits per heavy atom. The van der Waals surface area contributed by atoms with Gasteiger partial charge in [0, 0.05) is 15.9 Å². The molecule has 0 aliphatic heterocycles. The largest absolute Gasteiger partial charge is 0.469 e. The summed E-state index contributed by atoms with van der Waals surface area (Å²) >= 11 is 9.21. The Morgan fingerprint density at radius 1 is 1.38 bits per heavy atom. The molecule has 1 aromatic heterocycles. The van der Waals surface area contributed by atoms with Crippen LogP contribution in [0.5, 0.6) is 0 Å². The molecule has 4 heteroatoms. The maximum absolute atomic E-state index is 10.0. The van der Waals surface area contributed by atoms with Gasteiger partial charge in [0.05, 0.1) is 12.4 Å². The first-order valence-corrected chi connectivity index (χ1v) is 5.99. The molecule has 1 aromatic carbocycles. The van der Waals surface area contributed by atoms with Crippen molar-refractivity contribution in [2.75, 3.05) is 0 Å². The lowest BCUT2D eigenvalue weighted by atomic mass is 10.1. The summed E-state index contributed by atoms with van der Waals surface area (Å²) in [6.07, 6.45) is 1.45. The van der Waals surface area contributed by atoms with E-state index in [1.165, 1.54) is 0 Å². The summed E-state index contributed by atoms with van der Waals surface area (Å²) in [5.74, 6) is 0.759. The van der Waals surface area contributed by atoms with E-state index < -0.39 is 6.10 Å². The van der Waals surface area contributed by atoms with Crippen LogP contribution in [0.25, 0.3) is 0 Å². The number of benzene rings is 1. The number of hydrogen-bond acceptors (Lipinski definition) is 2. The average Bonchev–Trinajstić information content (AvgIpc) is 2.70. The zero-order chi connectivity index (χ0) is 11.5. The topological polar surface area (TPSA) is 33.4 Å². The normalized spacial score (nSPS) is 12.7. The predicted molar refractivity (Wildman–Crippen MR) is 66.5 cm³/mol. The van der Waals surface area contributed by atoms with Gasteiger partial charge in [0.2, 0.25) is 0 Å². The van der Waals surface area contributed by atoms with E-state index in [1.807, 2.05) is 6.07 Å². The van der Waals surface area contributed by atoms with Crippen LogP contribution in [-0.4, -0.2) is 5.11 Å². The average molecular weight is 302 g/mol. The van der Waals surface area contributed by atoms with Crippen LogP contribution in [0.4, 0.5) is 0 Å². The molecule has 1 N–H and O–H groups in total. The summed E-state index contributed by atoms with van der Waals surface area (Å²) in [6, 6.07) is 8.97. The van der Waals surface area contributed by atoms with Crippen molar-refractivity contribution < 1.29 is 9.52 Å². The van der Waals surface area contributed by atoms with Gasteiger partial charge < -0.3 is 9.52 Å². The summed E-state index contributed by atoms with van der Waals surface area (Å²) in [6.45, 7) is 0. The molecule has 0 fully saturated rings. The zero-order valence-electron chi connectivity index (χ0n) is 8.36. The molecule has 0 saturated heterocycles. The molecule has 2 nitrogen and oxygen atoms in total. The van der Waals surface area contributed by atoms with Crippen molar-refractivity contribution >= 4 is 27.5 Å². The fourth-order valence-electron chi connectivity index (χ4n) is 1.50. The lowest BCUT2D eigenvalue weighted by Gasteiger charge is -2.11. The minimum absolute atomic E-state index is 0.452. The Kier molecular flexibility index (Phi) is 3.69. The van der Waals surface area contributed by atoms with Gasteiger partial charge >= 0.3 is 0 Å². The molecule has 0 saturated carbocycles. The Morgan fingerprint density at radius 2 is 2.19 bits per heavy atom. The molecule has 84 valence electrons. The van der Waals surface area contributed by atoms with Crippen molar-refractivity contribution in [2.24, 2.45) is 0 Å². The second kappa shape index (κ2) is 5.04. The van der Waals surface area contributed by atoms with Gasteiger partial charge in [-0.25, -0.2) is 0 Å². The molecule has 0 radical (unpaired) electrons. The molecule has 2 rings (SSSR count). The number of aliphatic hydroxyl groups excluding tert-OH is 1. The molecule has 0 aliphatic carbocycles. The predicted octanol–water partition coefficient (Wildman–Crippen LogP) is 3.97. The fraction of sp³-hybridized carbons (Fsp3) is 0.167. The first-order chi connectivity index (χ1) is 7.66. The van der Waals surface area contributed by atoms with E-state index in [0.717, 1.165) is 15.8 Å². The Labute approximate surface area is 107 Å². The van der Waals surface area contributed by atoms with Crippen LogP contribution < -0.4 is 0 Å². The molecule has 1 heterocycles. The van der Waals surface area contributed by atoms with Crippen molar-refractivity contribution in [3.63, 3.8) is 0 Å². The Bertz CT molecular complexity index is 468. The quantitative estimate of drug-likeness (QED) is 0.930. The van der Waals surface area contributed by atoms with Crippen LogP contribution in [0.1, 0.15) is 17.4 Å². The van der Waals surface area contributed by atoms with Crippen LogP contribution in [0.3, 0.4) is 0 Å². The highest BCUT2D eigenvalue weighted by Gasteiger charge is 2.13. The van der Waals surface area contributed by atoms with Crippen LogP contribution in [0.15, 0.2) is 45.5 Å². The molecule has 0 spiro atoms. The third kappa shape index (κ3) is 2.67. The molecule has 1 atom stereocenters. The van der Waals surface area contributed by atoms with Crippen molar-refractivity contribution in [2.45, 2.75) is 12.5 Å². The van der Waals surface area contributed by atoms with Gasteiger partial charge in [0.15, 0.2) is 0 Å². The van der Waals surface area contributed by atoms with E-state index in [2.05, 4.69) is 15.9 Å². The molecule has 0 amide bonds. The molecule has 1 unspecified atom stereocenters. The van der Waals surface area contributed by atoms with Crippen LogP contribution in [0.2, 0.25) is 5.02 Å². The first kappa shape index (κ1) is 11.7. The van der Waals surface area contributed by atoms with Crippen molar-refractivity contribution in [1.29, 1.82) is 0 Å². The molecule has 0 bridgehead atoms. The van der Waals surface area contributed by atoms with Crippen LogP contribution in [-0.2, 0) is 6.42 Å². The van der Waals surface area contributed by atoms with Crippen LogP contribution in [0, 0.1) is 0 Å². The minimum atomic E-state index is -0.599. The zero-order valence-corrected chi connectivity index (χ0v) is 10.7. The molecular weight excluding hydrogens is 291 g/mol. The second-order valence-corrected chi connectivity index (χ2v) is 4.76. The lowest BCUT2D eigenvalue weighted by Crippen LogP contribution is -2.01. The number of aliphatic hydroxyl groups is 1. The third-order valence-corrected chi connectivity index (χ3v) is 3.22. The highest BCUT2D eigenvalue weighted by Crippen LogP contribution is 2.28. The monoisotopic (exact) mass is 300 g/mol. The third-order valence-electron chi connectivity index (χ3n) is 2.30. The first-order valence-electron chi connectivity index (χ1n) is 4.82. The van der Waals surface area contributed by atoms with E-state index in [9.17, 15) is 5.11 Å². The highest BCUT2D eigenvalue weighted by molar-refractivity contribution is 9.10. The summed E-state index contributed by atoms with van der Waals surface area (Å²) < 4.78 is 5.99. The maximum atomic E-state index is 10.0. The van der Waals surface area contributed by atoms with Crippen molar-refractivity contribution in [3.05, 3.63) is 57.4 Å². The van der Waals surface area contributed by atoms with Gasteiger partial charge in [-0.15, -0.1) is 0 Å². The fourth-order valence-corrected chi connectivity index (χ4v) is 2.45. The second-order valence-electron chi connectivity index (χ2n) is 3.47. The summed E-state index contributed by atoms with van der Waals surface area (Å²) in [7, 11) is 0. The van der Waals surface area contributed by atoms with Gasteiger partial charge in [-0.05, 0) is 29.8 Å². The number of furan rings is 1. The summed E-state index contributed by atoms with van der Waals surface area (Å²) in [4.78, 5) is 0. The van der Waals surface area contributed by atoms with Gasteiger partial charge in [-0.1, -0.05) is 33.6 Å². The van der Waals surface area contributed by atoms with Gasteiger partial charge in [0.1, 0.15) is 5.76 Å². The number of hydrogen-bond donors (Lipinski definition) is 1. The van der Waals surface area contributed by atoms with Crippen molar-refractivity contribution in [1.82, 2.24) is 0 Å². The maximum Gasteiger partial charge on any atom is 0.106 e. The molecule has 16 heavy (non-hydrogen) atoms. The van der Waals surface area contributed by atoms with Gasteiger partial charge in [-0.2, -0.15) is 0 Å². The summed E-state index contributed by atoms with van der Waals surface area (Å²) in [5, 5.41) is 10.7. The van der Waals surface area contributed by atoms with E-state index in [1.54, 1.807) is 30.5 Å². The SMILES string of the molecule is OC(Cc1ccco1)c1ccc(Cl)cc1Br.